The van der Waals surface area contributed by atoms with E-state index in [2.05, 4.69) is 27.4 Å². The first-order valence-electron chi connectivity index (χ1n) is 12.8. The highest BCUT2D eigenvalue weighted by Gasteiger charge is 2.32. The van der Waals surface area contributed by atoms with Crippen molar-refractivity contribution in [1.29, 1.82) is 0 Å². The maximum Gasteiger partial charge on any atom is 0.341 e. The topological polar surface area (TPSA) is 110 Å². The number of H-pyrrole nitrogens is 1. The molecule has 5 rings (SSSR count). The van der Waals surface area contributed by atoms with Crippen LogP contribution in [0.25, 0.3) is 11.0 Å². The molecule has 2 atom stereocenters. The second-order valence-corrected chi connectivity index (χ2v) is 10.3. The minimum atomic E-state index is -1.02. The fourth-order valence-corrected chi connectivity index (χ4v) is 6.20. The number of ether oxygens (including phenoxy) is 2. The second kappa shape index (κ2) is 11.2. The van der Waals surface area contributed by atoms with Gasteiger partial charge in [-0.05, 0) is 67.9 Å². The number of fused-ring (bicyclic) bond motifs is 2. The summed E-state index contributed by atoms with van der Waals surface area (Å²) in [5, 5.41) is 3.33. The zero-order valence-corrected chi connectivity index (χ0v) is 22.1. The largest absolute Gasteiger partial charge is 0.462 e. The van der Waals surface area contributed by atoms with Crippen LogP contribution in [0.5, 0.6) is 0 Å². The molecule has 2 unspecified atom stereocenters. The highest BCUT2D eigenvalue weighted by Crippen LogP contribution is 2.43. The van der Waals surface area contributed by atoms with Crippen molar-refractivity contribution in [3.8, 4) is 0 Å². The van der Waals surface area contributed by atoms with Crippen molar-refractivity contribution < 1.29 is 23.9 Å². The number of amides is 1. The number of nitrogens with zero attached hydrogens (tertiary/aromatic N) is 1. The van der Waals surface area contributed by atoms with Crippen LogP contribution in [0.2, 0.25) is 0 Å². The summed E-state index contributed by atoms with van der Waals surface area (Å²) < 4.78 is 10.9. The van der Waals surface area contributed by atoms with Gasteiger partial charge >= 0.3 is 11.9 Å². The number of rotatable bonds is 8. The zero-order valence-electron chi connectivity index (χ0n) is 21.3. The Hall–Kier alpha value is -3.98. The Bertz CT molecular complexity index is 1480. The minimum absolute atomic E-state index is 0.235. The second-order valence-electron chi connectivity index (χ2n) is 9.20. The number of aromatic nitrogens is 2. The van der Waals surface area contributed by atoms with E-state index < -0.39 is 23.9 Å². The van der Waals surface area contributed by atoms with E-state index in [1.54, 1.807) is 38.4 Å². The zero-order chi connectivity index (χ0) is 26.6. The first-order chi connectivity index (χ1) is 18.5. The fraction of sp³-hybridized carbons (Fsp3) is 0.310. The molecule has 9 heteroatoms. The van der Waals surface area contributed by atoms with Gasteiger partial charge in [0.05, 0.1) is 35.1 Å². The van der Waals surface area contributed by atoms with Gasteiger partial charge in [0.15, 0.2) is 6.10 Å². The summed E-state index contributed by atoms with van der Waals surface area (Å²) in [5.41, 5.74) is 4.37. The average Bonchev–Trinajstić information content (AvgIpc) is 3.55. The van der Waals surface area contributed by atoms with Gasteiger partial charge in [0.2, 0.25) is 0 Å². The van der Waals surface area contributed by atoms with Gasteiger partial charge in [0.1, 0.15) is 5.00 Å². The fourth-order valence-electron chi connectivity index (χ4n) is 4.88. The summed E-state index contributed by atoms with van der Waals surface area (Å²) in [6, 6.07) is 15.3. The molecule has 0 fully saturated rings. The van der Waals surface area contributed by atoms with Crippen molar-refractivity contribution in [2.24, 2.45) is 0 Å². The highest BCUT2D eigenvalue weighted by atomic mass is 32.1. The van der Waals surface area contributed by atoms with E-state index in [1.807, 2.05) is 18.2 Å². The van der Waals surface area contributed by atoms with Gasteiger partial charge in [-0.3, -0.25) is 4.79 Å². The molecule has 0 radical (unpaired) electrons. The lowest BCUT2D eigenvalue weighted by atomic mass is 9.83. The third-order valence-electron chi connectivity index (χ3n) is 6.82. The Morgan fingerprint density at radius 1 is 1.13 bits per heavy atom. The smallest absolute Gasteiger partial charge is 0.341 e. The lowest BCUT2D eigenvalue weighted by Crippen LogP contribution is -2.32. The maximum absolute atomic E-state index is 13.3. The quantitative estimate of drug-likeness (QED) is 0.285. The molecule has 4 aromatic rings. The van der Waals surface area contributed by atoms with Gasteiger partial charge in [0.25, 0.3) is 5.91 Å². The van der Waals surface area contributed by atoms with Gasteiger partial charge < -0.3 is 19.8 Å². The van der Waals surface area contributed by atoms with E-state index >= 15 is 0 Å². The van der Waals surface area contributed by atoms with Crippen molar-refractivity contribution in [3.63, 3.8) is 0 Å². The summed E-state index contributed by atoms with van der Waals surface area (Å²) in [5.74, 6) is -1.19. The standard InChI is InChI=1S/C29H29N3O5S/c1-3-23(37-28(34)19-11-13-21-22(14-19)31-16-30-21)26(33)32-27-25(29(35)36-4-2)20-12-10-18(15-24(20)38-27)17-8-6-5-7-9-17/h5-9,11,13-14,16,18,23H,3-4,10,12,15H2,1-2H3,(H,30,31)(H,32,33). The van der Waals surface area contributed by atoms with Crippen molar-refractivity contribution in [2.75, 3.05) is 11.9 Å². The number of nitrogens with one attached hydrogen (secondary N) is 2. The van der Waals surface area contributed by atoms with E-state index in [9.17, 15) is 14.4 Å². The van der Waals surface area contributed by atoms with Gasteiger partial charge in [-0.25, -0.2) is 14.6 Å². The molecular formula is C29H29N3O5S. The summed E-state index contributed by atoms with van der Waals surface area (Å²) in [6.45, 7) is 3.76. The monoisotopic (exact) mass is 531 g/mol. The van der Waals surface area contributed by atoms with Crippen LogP contribution in [-0.2, 0) is 27.1 Å². The number of benzene rings is 2. The molecule has 0 saturated carbocycles. The molecule has 1 aliphatic rings. The first-order valence-corrected chi connectivity index (χ1v) is 13.6. The van der Waals surface area contributed by atoms with Crippen LogP contribution >= 0.6 is 11.3 Å². The Balaban J connectivity index is 1.36. The van der Waals surface area contributed by atoms with Crippen LogP contribution < -0.4 is 5.32 Å². The number of carbonyl (C=O) groups is 3. The predicted molar refractivity (Wildman–Crippen MR) is 146 cm³/mol. The maximum atomic E-state index is 13.3. The number of imidazole rings is 1. The minimum Gasteiger partial charge on any atom is -0.462 e. The molecule has 0 spiro atoms. The summed E-state index contributed by atoms with van der Waals surface area (Å²) in [7, 11) is 0. The summed E-state index contributed by atoms with van der Waals surface area (Å²) in [6.07, 6.45) is 3.22. The molecule has 2 N–H and O–H groups in total. The van der Waals surface area contributed by atoms with Crippen LogP contribution in [-0.4, -0.2) is 40.5 Å². The Morgan fingerprint density at radius 3 is 2.71 bits per heavy atom. The number of hydrogen-bond donors (Lipinski definition) is 2. The van der Waals surface area contributed by atoms with Crippen molar-refractivity contribution in [2.45, 2.75) is 51.6 Å². The number of esters is 2. The Labute approximate surface area is 224 Å². The van der Waals surface area contributed by atoms with E-state index in [1.165, 1.54) is 16.9 Å². The van der Waals surface area contributed by atoms with Crippen LogP contribution in [0.4, 0.5) is 5.00 Å². The van der Waals surface area contributed by atoms with E-state index in [-0.39, 0.29) is 13.0 Å². The lowest BCUT2D eigenvalue weighted by Gasteiger charge is -2.23. The molecule has 2 heterocycles. The predicted octanol–water partition coefficient (Wildman–Crippen LogP) is 5.65. The van der Waals surface area contributed by atoms with Crippen molar-refractivity contribution in [1.82, 2.24) is 9.97 Å². The number of aromatic amines is 1. The van der Waals surface area contributed by atoms with Crippen LogP contribution in [0, 0.1) is 0 Å². The van der Waals surface area contributed by atoms with Crippen LogP contribution in [0.1, 0.15) is 69.3 Å². The highest BCUT2D eigenvalue weighted by molar-refractivity contribution is 7.17. The molecule has 8 nitrogen and oxygen atoms in total. The lowest BCUT2D eigenvalue weighted by molar-refractivity contribution is -0.124. The van der Waals surface area contributed by atoms with E-state index in [4.69, 9.17) is 9.47 Å². The number of hydrogen-bond acceptors (Lipinski definition) is 7. The van der Waals surface area contributed by atoms with Gasteiger partial charge in [0, 0.05) is 4.88 Å². The molecule has 1 amide bonds. The molecule has 38 heavy (non-hydrogen) atoms. The Morgan fingerprint density at radius 2 is 1.95 bits per heavy atom. The van der Waals surface area contributed by atoms with E-state index in [0.717, 1.165) is 35.2 Å². The molecule has 0 saturated heterocycles. The van der Waals surface area contributed by atoms with Crippen LogP contribution in [0.3, 0.4) is 0 Å². The molecule has 196 valence electrons. The first kappa shape index (κ1) is 25.7. The van der Waals surface area contributed by atoms with Crippen molar-refractivity contribution in [3.05, 3.63) is 82.0 Å². The van der Waals surface area contributed by atoms with Crippen LogP contribution in [0.15, 0.2) is 54.9 Å². The third kappa shape index (κ3) is 5.19. The molecule has 0 aliphatic heterocycles. The normalized spacial score (nSPS) is 15.5. The molecule has 0 bridgehead atoms. The SMILES string of the molecule is CCOC(=O)c1c(NC(=O)C(CC)OC(=O)c2ccc3nc[nH]c3c2)sc2c1CCC(c1ccccc1)C2. The van der Waals surface area contributed by atoms with E-state index in [0.29, 0.717) is 27.6 Å². The molecule has 2 aromatic carbocycles. The number of carbonyl (C=O) groups excluding carboxylic acids is 3. The molecular weight excluding hydrogens is 502 g/mol. The molecule has 2 aromatic heterocycles. The van der Waals surface area contributed by atoms with Gasteiger partial charge in [-0.1, -0.05) is 37.3 Å². The molecule has 1 aliphatic carbocycles. The summed E-state index contributed by atoms with van der Waals surface area (Å²) in [4.78, 5) is 47.2. The number of thiophene rings is 1. The Kier molecular flexibility index (Phi) is 7.55. The third-order valence-corrected chi connectivity index (χ3v) is 7.99. The van der Waals surface area contributed by atoms with Crippen molar-refractivity contribution >= 4 is 45.2 Å². The van der Waals surface area contributed by atoms with Gasteiger partial charge in [-0.2, -0.15) is 0 Å². The average molecular weight is 532 g/mol. The summed E-state index contributed by atoms with van der Waals surface area (Å²) >= 11 is 1.40. The number of anilines is 1. The van der Waals surface area contributed by atoms with Gasteiger partial charge in [-0.15, -0.1) is 11.3 Å².